The number of amides is 1. The lowest BCUT2D eigenvalue weighted by Gasteiger charge is -2.15. The molecule has 1 N–H and O–H groups in total. The molecule has 1 aromatic rings. The van der Waals surface area contributed by atoms with Gasteiger partial charge in [-0.15, -0.1) is 0 Å². The highest BCUT2D eigenvalue weighted by atomic mass is 16.3. The zero-order valence-corrected chi connectivity index (χ0v) is 11.0. The number of nitriles is 1. The van der Waals surface area contributed by atoms with E-state index < -0.39 is 0 Å². The SMILES string of the molecule is Cc1oc(C)c(C(=O)NC2CCCC2C#N)c1C. The number of nitrogens with one attached hydrogen (secondary N) is 1. The van der Waals surface area contributed by atoms with Crippen LogP contribution >= 0.6 is 0 Å². The molecule has 1 aliphatic carbocycles. The molecule has 1 aromatic heterocycles. The number of furan rings is 1. The summed E-state index contributed by atoms with van der Waals surface area (Å²) in [7, 11) is 0. The van der Waals surface area contributed by atoms with E-state index in [1.54, 1.807) is 6.92 Å². The molecule has 1 heterocycles. The van der Waals surface area contributed by atoms with Gasteiger partial charge in [-0.3, -0.25) is 4.79 Å². The smallest absolute Gasteiger partial charge is 0.255 e. The summed E-state index contributed by atoms with van der Waals surface area (Å²) in [5.41, 5.74) is 1.51. The number of hydrogen-bond acceptors (Lipinski definition) is 3. The van der Waals surface area contributed by atoms with Crippen LogP contribution in [0.1, 0.15) is 46.7 Å². The lowest BCUT2D eigenvalue weighted by molar-refractivity contribution is 0.0931. The summed E-state index contributed by atoms with van der Waals surface area (Å²) in [6.07, 6.45) is 2.77. The van der Waals surface area contributed by atoms with Crippen LogP contribution in [0.25, 0.3) is 0 Å². The maximum absolute atomic E-state index is 12.2. The van der Waals surface area contributed by atoms with E-state index in [2.05, 4.69) is 11.4 Å². The third kappa shape index (κ3) is 2.13. The molecule has 0 aromatic carbocycles. The predicted molar refractivity (Wildman–Crippen MR) is 67.1 cm³/mol. The van der Waals surface area contributed by atoms with E-state index in [0.29, 0.717) is 11.3 Å². The Morgan fingerprint density at radius 3 is 2.61 bits per heavy atom. The number of nitrogens with zero attached hydrogens (tertiary/aromatic N) is 1. The summed E-state index contributed by atoms with van der Waals surface area (Å²) in [6, 6.07) is 2.25. The predicted octanol–water partition coefficient (Wildman–Crippen LogP) is 2.63. The Labute approximate surface area is 107 Å². The number of carbonyl (C=O) groups excluding carboxylic acids is 1. The molecule has 4 nitrogen and oxygen atoms in total. The first-order chi connectivity index (χ1) is 8.54. The van der Waals surface area contributed by atoms with Gasteiger partial charge in [-0.05, 0) is 40.0 Å². The van der Waals surface area contributed by atoms with E-state index >= 15 is 0 Å². The van der Waals surface area contributed by atoms with Gasteiger partial charge in [0.15, 0.2) is 0 Å². The van der Waals surface area contributed by atoms with Gasteiger partial charge in [0.2, 0.25) is 0 Å². The van der Waals surface area contributed by atoms with E-state index in [1.165, 1.54) is 0 Å². The third-order valence-corrected chi connectivity index (χ3v) is 3.79. The summed E-state index contributed by atoms with van der Waals surface area (Å²) in [5, 5.41) is 12.0. The number of rotatable bonds is 2. The van der Waals surface area contributed by atoms with Crippen molar-refractivity contribution >= 4 is 5.91 Å². The molecule has 1 fully saturated rings. The van der Waals surface area contributed by atoms with Gasteiger partial charge in [-0.2, -0.15) is 5.26 Å². The molecule has 18 heavy (non-hydrogen) atoms. The first-order valence-electron chi connectivity index (χ1n) is 6.31. The number of carbonyl (C=O) groups is 1. The fourth-order valence-electron chi connectivity index (χ4n) is 2.66. The van der Waals surface area contributed by atoms with Gasteiger partial charge >= 0.3 is 0 Å². The van der Waals surface area contributed by atoms with Crippen molar-refractivity contribution in [1.29, 1.82) is 5.26 Å². The maximum Gasteiger partial charge on any atom is 0.255 e. The van der Waals surface area contributed by atoms with Crippen LogP contribution in [0.5, 0.6) is 0 Å². The lowest BCUT2D eigenvalue weighted by Crippen LogP contribution is -2.37. The molecule has 4 heteroatoms. The van der Waals surface area contributed by atoms with E-state index in [0.717, 1.165) is 30.6 Å². The topological polar surface area (TPSA) is 66.0 Å². The second-order valence-corrected chi connectivity index (χ2v) is 4.96. The minimum absolute atomic E-state index is 0.0171. The Kier molecular flexibility index (Phi) is 3.42. The van der Waals surface area contributed by atoms with Gasteiger partial charge in [0.1, 0.15) is 11.5 Å². The Morgan fingerprint density at radius 1 is 1.33 bits per heavy atom. The molecule has 1 amide bonds. The molecule has 0 bridgehead atoms. The van der Waals surface area contributed by atoms with Gasteiger partial charge in [0.25, 0.3) is 5.91 Å². The molecule has 2 unspecified atom stereocenters. The van der Waals surface area contributed by atoms with Crippen LogP contribution in [-0.2, 0) is 0 Å². The zero-order chi connectivity index (χ0) is 13.3. The largest absolute Gasteiger partial charge is 0.466 e. The molecule has 96 valence electrons. The monoisotopic (exact) mass is 246 g/mol. The van der Waals surface area contributed by atoms with Gasteiger partial charge in [0, 0.05) is 11.6 Å². The van der Waals surface area contributed by atoms with Crippen LogP contribution in [0.2, 0.25) is 0 Å². The highest BCUT2D eigenvalue weighted by Gasteiger charge is 2.30. The fourth-order valence-corrected chi connectivity index (χ4v) is 2.66. The first-order valence-corrected chi connectivity index (χ1v) is 6.31. The highest BCUT2D eigenvalue weighted by Crippen LogP contribution is 2.26. The summed E-state index contributed by atoms with van der Waals surface area (Å²) in [4.78, 5) is 12.2. The average Bonchev–Trinajstić information content (AvgIpc) is 2.85. The summed E-state index contributed by atoms with van der Waals surface area (Å²) < 4.78 is 5.46. The van der Waals surface area contributed by atoms with E-state index in [1.807, 2.05) is 13.8 Å². The normalized spacial score (nSPS) is 22.8. The molecule has 0 radical (unpaired) electrons. The third-order valence-electron chi connectivity index (χ3n) is 3.79. The molecule has 1 saturated carbocycles. The van der Waals surface area contributed by atoms with Gasteiger partial charge in [-0.25, -0.2) is 0 Å². The molecular weight excluding hydrogens is 228 g/mol. The van der Waals surface area contributed by atoms with E-state index in [4.69, 9.17) is 9.68 Å². The quantitative estimate of drug-likeness (QED) is 0.872. The minimum Gasteiger partial charge on any atom is -0.466 e. The number of hydrogen-bond donors (Lipinski definition) is 1. The summed E-state index contributed by atoms with van der Waals surface area (Å²) >= 11 is 0. The van der Waals surface area contributed by atoms with Gasteiger partial charge < -0.3 is 9.73 Å². The Bertz CT molecular complexity index is 511. The second-order valence-electron chi connectivity index (χ2n) is 4.96. The highest BCUT2D eigenvalue weighted by molar-refractivity contribution is 5.97. The Hall–Kier alpha value is -1.76. The van der Waals surface area contributed by atoms with Crippen LogP contribution in [-0.4, -0.2) is 11.9 Å². The van der Waals surface area contributed by atoms with Crippen molar-refractivity contribution in [3.8, 4) is 6.07 Å². The second kappa shape index (κ2) is 4.85. The van der Waals surface area contributed by atoms with Crippen molar-refractivity contribution in [1.82, 2.24) is 5.32 Å². The average molecular weight is 246 g/mol. The van der Waals surface area contributed by atoms with Crippen molar-refractivity contribution in [3.63, 3.8) is 0 Å². The van der Waals surface area contributed by atoms with Crippen molar-refractivity contribution in [2.75, 3.05) is 0 Å². The van der Waals surface area contributed by atoms with Crippen LogP contribution in [0.3, 0.4) is 0 Å². The first kappa shape index (κ1) is 12.7. The van der Waals surface area contributed by atoms with Gasteiger partial charge in [0.05, 0.1) is 17.6 Å². The van der Waals surface area contributed by atoms with Crippen LogP contribution in [0.4, 0.5) is 0 Å². The lowest BCUT2D eigenvalue weighted by atomic mass is 10.0. The van der Waals surface area contributed by atoms with E-state index in [9.17, 15) is 4.79 Å². The molecule has 2 atom stereocenters. The molecule has 0 spiro atoms. The molecule has 0 saturated heterocycles. The molecule has 2 rings (SSSR count). The van der Waals surface area contributed by atoms with Crippen molar-refractivity contribution in [3.05, 3.63) is 22.6 Å². The fraction of sp³-hybridized carbons (Fsp3) is 0.571. The van der Waals surface area contributed by atoms with Gasteiger partial charge in [-0.1, -0.05) is 0 Å². The van der Waals surface area contributed by atoms with Crippen molar-refractivity contribution in [2.45, 2.75) is 46.1 Å². The summed E-state index contributed by atoms with van der Waals surface area (Å²) in [5.74, 6) is 1.26. The van der Waals surface area contributed by atoms with Crippen LogP contribution in [0.15, 0.2) is 4.42 Å². The zero-order valence-electron chi connectivity index (χ0n) is 11.0. The standard InChI is InChI=1S/C14H18N2O2/c1-8-9(2)18-10(3)13(8)14(17)16-12-6-4-5-11(12)7-15/h11-12H,4-6H2,1-3H3,(H,16,17). The summed E-state index contributed by atoms with van der Waals surface area (Å²) in [6.45, 7) is 5.54. The number of aryl methyl sites for hydroxylation is 2. The molecule has 0 aliphatic heterocycles. The molecule has 1 aliphatic rings. The maximum atomic E-state index is 12.2. The van der Waals surface area contributed by atoms with Crippen molar-refractivity contribution in [2.24, 2.45) is 5.92 Å². The van der Waals surface area contributed by atoms with E-state index in [-0.39, 0.29) is 17.9 Å². The van der Waals surface area contributed by atoms with Crippen LogP contribution < -0.4 is 5.32 Å². The van der Waals surface area contributed by atoms with Crippen molar-refractivity contribution < 1.29 is 9.21 Å². The Morgan fingerprint density at radius 2 is 2.06 bits per heavy atom. The van der Waals surface area contributed by atoms with Crippen LogP contribution in [0, 0.1) is 38.0 Å². The molecular formula is C14H18N2O2. The minimum atomic E-state index is -0.117. The Balaban J connectivity index is 2.15.